The Bertz CT molecular complexity index is 333. The van der Waals surface area contributed by atoms with Gasteiger partial charge in [0.15, 0.2) is 0 Å². The molecule has 0 spiro atoms. The second-order valence-corrected chi connectivity index (χ2v) is 5.27. The Hall–Kier alpha value is -1.31. The van der Waals surface area contributed by atoms with Crippen molar-refractivity contribution in [3.05, 3.63) is 35.9 Å². The summed E-state index contributed by atoms with van der Waals surface area (Å²) < 4.78 is 0. The minimum absolute atomic E-state index is 0.0907. The maximum absolute atomic E-state index is 12.3. The number of hydrogen-bond donors (Lipinski definition) is 0. The molecule has 0 atom stereocenters. The van der Waals surface area contributed by atoms with E-state index >= 15 is 0 Å². The molecule has 0 fully saturated rings. The topological polar surface area (TPSA) is 20.3 Å². The summed E-state index contributed by atoms with van der Waals surface area (Å²) in [5.74, 6) is 1.07. The highest BCUT2D eigenvalue weighted by Gasteiger charge is 2.17. The van der Waals surface area contributed by atoms with Crippen molar-refractivity contribution in [2.24, 2.45) is 11.8 Å². The van der Waals surface area contributed by atoms with Gasteiger partial charge in [-0.05, 0) is 24.0 Å². The van der Waals surface area contributed by atoms with Gasteiger partial charge in [0, 0.05) is 18.7 Å². The van der Waals surface area contributed by atoms with Crippen LogP contribution in [0.3, 0.4) is 0 Å². The Morgan fingerprint density at radius 1 is 1.18 bits per heavy atom. The van der Waals surface area contributed by atoms with Crippen LogP contribution in [-0.4, -0.2) is 23.9 Å². The lowest BCUT2D eigenvalue weighted by Crippen LogP contribution is -2.37. The minimum atomic E-state index is 0.0907. The number of carbonyl (C=O) groups excluding carboxylic acids is 1. The standard InChI is InChI=1S/C15H22NO/c1-12(2)10-16(11-13(3)4)15(17)14-8-6-5-7-9-14/h5-8,12-13H,10-11H2,1-4H3. The summed E-state index contributed by atoms with van der Waals surface area (Å²) in [5.41, 5.74) is 0.661. The van der Waals surface area contributed by atoms with Crippen LogP contribution in [0.5, 0.6) is 0 Å². The summed E-state index contributed by atoms with van der Waals surface area (Å²) >= 11 is 0. The molecule has 0 heterocycles. The molecule has 0 aliphatic carbocycles. The first-order valence-electron chi connectivity index (χ1n) is 6.26. The van der Waals surface area contributed by atoms with Gasteiger partial charge in [0.05, 0.1) is 0 Å². The molecule has 17 heavy (non-hydrogen) atoms. The first-order chi connectivity index (χ1) is 8.00. The summed E-state index contributed by atoms with van der Waals surface area (Å²) in [6.45, 7) is 10.1. The molecule has 0 aliphatic heterocycles. The van der Waals surface area contributed by atoms with Crippen LogP contribution >= 0.6 is 0 Å². The minimum Gasteiger partial charge on any atom is -0.338 e. The summed E-state index contributed by atoms with van der Waals surface area (Å²) in [4.78, 5) is 14.2. The number of carbonyl (C=O) groups is 1. The van der Waals surface area contributed by atoms with Gasteiger partial charge in [0.25, 0.3) is 5.91 Å². The molecule has 0 saturated carbocycles. The third kappa shape index (κ3) is 4.59. The highest BCUT2D eigenvalue weighted by Crippen LogP contribution is 2.09. The normalized spacial score (nSPS) is 10.9. The third-order valence-electron chi connectivity index (χ3n) is 2.40. The quantitative estimate of drug-likeness (QED) is 0.763. The molecule has 1 rings (SSSR count). The van der Waals surface area contributed by atoms with Gasteiger partial charge in [-0.3, -0.25) is 4.79 Å². The smallest absolute Gasteiger partial charge is 0.254 e. The average Bonchev–Trinajstić information content (AvgIpc) is 2.27. The maximum atomic E-state index is 12.3. The van der Waals surface area contributed by atoms with Gasteiger partial charge in [0.2, 0.25) is 0 Å². The molecular formula is C15H22NO. The summed E-state index contributed by atoms with van der Waals surface area (Å²) in [6, 6.07) is 10.4. The molecule has 0 unspecified atom stereocenters. The van der Waals surface area contributed by atoms with E-state index in [1.54, 1.807) is 6.07 Å². The highest BCUT2D eigenvalue weighted by molar-refractivity contribution is 5.93. The average molecular weight is 232 g/mol. The van der Waals surface area contributed by atoms with E-state index in [0.29, 0.717) is 17.4 Å². The van der Waals surface area contributed by atoms with Crippen molar-refractivity contribution >= 4 is 5.91 Å². The Kier molecular flexibility index (Phi) is 5.20. The molecule has 0 bridgehead atoms. The van der Waals surface area contributed by atoms with E-state index in [1.165, 1.54) is 0 Å². The van der Waals surface area contributed by atoms with Crippen molar-refractivity contribution in [3.63, 3.8) is 0 Å². The van der Waals surface area contributed by atoms with E-state index in [2.05, 4.69) is 33.8 Å². The summed E-state index contributed by atoms with van der Waals surface area (Å²) in [7, 11) is 0. The first kappa shape index (κ1) is 13.8. The molecule has 2 heteroatoms. The second-order valence-electron chi connectivity index (χ2n) is 5.27. The van der Waals surface area contributed by atoms with E-state index in [0.717, 1.165) is 13.1 Å². The van der Waals surface area contributed by atoms with Crippen molar-refractivity contribution in [3.8, 4) is 0 Å². The molecule has 0 N–H and O–H groups in total. The lowest BCUT2D eigenvalue weighted by atomic mass is 10.1. The van der Waals surface area contributed by atoms with Gasteiger partial charge >= 0.3 is 0 Å². The van der Waals surface area contributed by atoms with Gasteiger partial charge in [-0.1, -0.05) is 45.9 Å². The Balaban J connectivity index is 2.79. The highest BCUT2D eigenvalue weighted by atomic mass is 16.2. The van der Waals surface area contributed by atoms with Gasteiger partial charge in [-0.25, -0.2) is 0 Å². The van der Waals surface area contributed by atoms with Crippen LogP contribution in [0.15, 0.2) is 24.3 Å². The van der Waals surface area contributed by atoms with Crippen LogP contribution in [0.1, 0.15) is 38.1 Å². The van der Waals surface area contributed by atoms with E-state index in [1.807, 2.05) is 23.1 Å². The van der Waals surface area contributed by atoms with Crippen molar-refractivity contribution < 1.29 is 4.79 Å². The van der Waals surface area contributed by atoms with Crippen LogP contribution in [0.4, 0.5) is 0 Å². The van der Waals surface area contributed by atoms with E-state index in [-0.39, 0.29) is 5.91 Å². The van der Waals surface area contributed by atoms with Gasteiger partial charge in [0.1, 0.15) is 0 Å². The number of rotatable bonds is 5. The zero-order valence-electron chi connectivity index (χ0n) is 11.2. The SMILES string of the molecule is CC(C)CN(CC(C)C)C(=O)c1[c]cccc1. The fourth-order valence-corrected chi connectivity index (χ4v) is 1.82. The number of amides is 1. The first-order valence-corrected chi connectivity index (χ1v) is 6.26. The molecule has 1 radical (unpaired) electrons. The van der Waals surface area contributed by atoms with Crippen LogP contribution in [0, 0.1) is 17.9 Å². The molecule has 0 aromatic heterocycles. The predicted molar refractivity (Wildman–Crippen MR) is 70.9 cm³/mol. The molecule has 2 nitrogen and oxygen atoms in total. The van der Waals surface area contributed by atoms with E-state index in [9.17, 15) is 4.79 Å². The molecule has 1 aromatic carbocycles. The van der Waals surface area contributed by atoms with Crippen LogP contribution in [-0.2, 0) is 0 Å². The van der Waals surface area contributed by atoms with E-state index in [4.69, 9.17) is 0 Å². The van der Waals surface area contributed by atoms with Crippen molar-refractivity contribution in [2.75, 3.05) is 13.1 Å². The number of benzene rings is 1. The summed E-state index contributed by atoms with van der Waals surface area (Å²) in [6.07, 6.45) is 0. The van der Waals surface area contributed by atoms with Crippen LogP contribution in [0.25, 0.3) is 0 Å². The molecule has 0 aliphatic rings. The second kappa shape index (κ2) is 6.43. The van der Waals surface area contributed by atoms with Crippen molar-refractivity contribution in [2.45, 2.75) is 27.7 Å². The zero-order valence-corrected chi connectivity index (χ0v) is 11.2. The summed E-state index contributed by atoms with van der Waals surface area (Å²) in [5, 5.41) is 0. The molecule has 93 valence electrons. The fourth-order valence-electron chi connectivity index (χ4n) is 1.82. The van der Waals surface area contributed by atoms with Crippen molar-refractivity contribution in [1.82, 2.24) is 4.90 Å². The molecule has 0 saturated heterocycles. The monoisotopic (exact) mass is 232 g/mol. The molecule has 1 amide bonds. The Morgan fingerprint density at radius 2 is 1.76 bits per heavy atom. The molecular weight excluding hydrogens is 210 g/mol. The van der Waals surface area contributed by atoms with Gasteiger partial charge < -0.3 is 4.90 Å². The zero-order chi connectivity index (χ0) is 12.8. The Labute approximate surface area is 105 Å². The lowest BCUT2D eigenvalue weighted by Gasteiger charge is -2.26. The maximum Gasteiger partial charge on any atom is 0.254 e. The van der Waals surface area contributed by atoms with Gasteiger partial charge in [-0.15, -0.1) is 0 Å². The third-order valence-corrected chi connectivity index (χ3v) is 2.40. The van der Waals surface area contributed by atoms with Gasteiger partial charge in [-0.2, -0.15) is 0 Å². The largest absolute Gasteiger partial charge is 0.338 e. The molecule has 1 aromatic rings. The Morgan fingerprint density at radius 3 is 2.18 bits per heavy atom. The van der Waals surface area contributed by atoms with Crippen LogP contribution in [0.2, 0.25) is 0 Å². The lowest BCUT2D eigenvalue weighted by molar-refractivity contribution is 0.0715. The van der Waals surface area contributed by atoms with E-state index < -0.39 is 0 Å². The number of hydrogen-bond acceptors (Lipinski definition) is 1. The van der Waals surface area contributed by atoms with Crippen LogP contribution < -0.4 is 0 Å². The van der Waals surface area contributed by atoms with Crippen molar-refractivity contribution in [1.29, 1.82) is 0 Å². The predicted octanol–water partition coefficient (Wildman–Crippen LogP) is 3.24. The number of nitrogens with zero attached hydrogens (tertiary/aromatic N) is 1. The fraction of sp³-hybridized carbons (Fsp3) is 0.533.